The van der Waals surface area contributed by atoms with Crippen LogP contribution in [0.1, 0.15) is 20.9 Å². The van der Waals surface area contributed by atoms with Gasteiger partial charge in [-0.1, -0.05) is 6.07 Å². The molecular formula is C15H12BrN3OS2. The number of rotatable bonds is 3. The van der Waals surface area contributed by atoms with E-state index in [1.165, 1.54) is 11.3 Å². The predicted molar refractivity (Wildman–Crippen MR) is 94.8 cm³/mol. The Kier molecular flexibility index (Phi) is 4.37. The Hall–Kier alpha value is -1.57. The highest BCUT2D eigenvalue weighted by Crippen LogP contribution is 2.31. The monoisotopic (exact) mass is 393 g/mol. The summed E-state index contributed by atoms with van der Waals surface area (Å²) >= 11 is 6.38. The van der Waals surface area contributed by atoms with Gasteiger partial charge in [-0.05, 0) is 52.9 Å². The lowest BCUT2D eigenvalue weighted by molar-refractivity contribution is 0.102. The first-order chi connectivity index (χ1) is 10.5. The van der Waals surface area contributed by atoms with Gasteiger partial charge in [0.15, 0.2) is 0 Å². The maximum Gasteiger partial charge on any atom is 0.268 e. The molecule has 0 spiro atoms. The van der Waals surface area contributed by atoms with Crippen molar-refractivity contribution in [3.63, 3.8) is 0 Å². The molecule has 0 radical (unpaired) electrons. The summed E-state index contributed by atoms with van der Waals surface area (Å²) in [6, 6.07) is 5.90. The molecule has 0 atom stereocenters. The Morgan fingerprint density at radius 1 is 1.36 bits per heavy atom. The molecule has 0 aliphatic carbocycles. The van der Waals surface area contributed by atoms with Crippen molar-refractivity contribution in [3.05, 3.63) is 50.4 Å². The lowest BCUT2D eigenvalue weighted by Gasteiger charge is -2.06. The van der Waals surface area contributed by atoms with Gasteiger partial charge in [0.1, 0.15) is 15.7 Å². The van der Waals surface area contributed by atoms with Crippen LogP contribution in [0.15, 0.2) is 34.2 Å². The van der Waals surface area contributed by atoms with Crippen molar-refractivity contribution in [1.29, 1.82) is 0 Å². The van der Waals surface area contributed by atoms with Crippen LogP contribution in [-0.4, -0.2) is 15.9 Å². The molecule has 7 heteroatoms. The zero-order valence-corrected chi connectivity index (χ0v) is 15.1. The Bertz CT molecular complexity index is 827. The second kappa shape index (κ2) is 6.28. The summed E-state index contributed by atoms with van der Waals surface area (Å²) in [6.07, 6.45) is 1.67. The van der Waals surface area contributed by atoms with Crippen LogP contribution in [0.3, 0.4) is 0 Å². The Balaban J connectivity index is 1.86. The first-order valence-corrected chi connectivity index (χ1v) is 8.98. The minimum Gasteiger partial charge on any atom is -0.306 e. The second-order valence-corrected chi connectivity index (χ2v) is 7.55. The SMILES string of the molecule is Cc1cc(Br)cnc1NC(=O)c1sc(-c2cccs2)nc1C. The van der Waals surface area contributed by atoms with Crippen LogP contribution in [0, 0.1) is 13.8 Å². The quantitative estimate of drug-likeness (QED) is 0.688. The molecule has 0 fully saturated rings. The number of thiophene rings is 1. The summed E-state index contributed by atoms with van der Waals surface area (Å²) < 4.78 is 0.886. The van der Waals surface area contributed by atoms with Crippen LogP contribution in [0.4, 0.5) is 5.82 Å². The van der Waals surface area contributed by atoms with Gasteiger partial charge in [-0.3, -0.25) is 4.79 Å². The fraction of sp³-hybridized carbons (Fsp3) is 0.133. The second-order valence-electron chi connectivity index (χ2n) is 4.68. The van der Waals surface area contributed by atoms with Gasteiger partial charge in [0, 0.05) is 10.7 Å². The van der Waals surface area contributed by atoms with Crippen LogP contribution in [0.5, 0.6) is 0 Å². The molecule has 3 aromatic rings. The summed E-state index contributed by atoms with van der Waals surface area (Å²) in [5.41, 5.74) is 1.64. The van der Waals surface area contributed by atoms with Gasteiger partial charge in [0.05, 0.1) is 10.6 Å². The third-order valence-electron chi connectivity index (χ3n) is 3.01. The molecule has 3 heterocycles. The molecule has 3 rings (SSSR count). The molecule has 112 valence electrons. The predicted octanol–water partition coefficient (Wildman–Crippen LogP) is 4.90. The first-order valence-electron chi connectivity index (χ1n) is 6.49. The molecule has 1 amide bonds. The molecule has 0 aliphatic rings. The fourth-order valence-corrected chi connectivity index (χ4v) is 4.15. The van der Waals surface area contributed by atoms with Crippen LogP contribution in [0.2, 0.25) is 0 Å². The molecule has 0 saturated heterocycles. The number of carbonyl (C=O) groups excluding carboxylic acids is 1. The van der Waals surface area contributed by atoms with Crippen LogP contribution < -0.4 is 5.32 Å². The van der Waals surface area contributed by atoms with Crippen molar-refractivity contribution in [3.8, 4) is 9.88 Å². The number of hydrogen-bond donors (Lipinski definition) is 1. The summed E-state index contributed by atoms with van der Waals surface area (Å²) in [4.78, 5) is 22.9. The van der Waals surface area contributed by atoms with Gasteiger partial charge in [-0.15, -0.1) is 22.7 Å². The number of aryl methyl sites for hydroxylation is 2. The molecule has 0 saturated carbocycles. The maximum absolute atomic E-state index is 12.5. The number of nitrogens with one attached hydrogen (secondary N) is 1. The minimum atomic E-state index is -0.171. The number of amides is 1. The average molecular weight is 394 g/mol. The van der Waals surface area contributed by atoms with Crippen molar-refractivity contribution in [2.24, 2.45) is 0 Å². The highest BCUT2D eigenvalue weighted by atomic mass is 79.9. The molecule has 0 aliphatic heterocycles. The summed E-state index contributed by atoms with van der Waals surface area (Å²) in [5, 5.41) is 5.73. The van der Waals surface area contributed by atoms with Crippen LogP contribution in [0.25, 0.3) is 9.88 Å². The highest BCUT2D eigenvalue weighted by molar-refractivity contribution is 9.10. The largest absolute Gasteiger partial charge is 0.306 e. The number of thiazole rings is 1. The first kappa shape index (κ1) is 15.3. The van der Waals surface area contributed by atoms with E-state index in [0.29, 0.717) is 10.7 Å². The minimum absolute atomic E-state index is 0.171. The van der Waals surface area contributed by atoms with E-state index in [0.717, 1.165) is 25.6 Å². The van der Waals surface area contributed by atoms with Gasteiger partial charge in [0.25, 0.3) is 5.91 Å². The van der Waals surface area contributed by atoms with E-state index in [1.54, 1.807) is 17.5 Å². The van der Waals surface area contributed by atoms with Crippen LogP contribution in [-0.2, 0) is 0 Å². The van der Waals surface area contributed by atoms with Gasteiger partial charge in [-0.2, -0.15) is 0 Å². The normalized spacial score (nSPS) is 10.7. The van der Waals surface area contributed by atoms with Crippen molar-refractivity contribution in [2.75, 3.05) is 5.32 Å². The van der Waals surface area contributed by atoms with E-state index in [1.807, 2.05) is 37.4 Å². The number of hydrogen-bond acceptors (Lipinski definition) is 5. The van der Waals surface area contributed by atoms with Crippen molar-refractivity contribution in [1.82, 2.24) is 9.97 Å². The molecule has 4 nitrogen and oxygen atoms in total. The van der Waals surface area contributed by atoms with Crippen molar-refractivity contribution < 1.29 is 4.79 Å². The van der Waals surface area contributed by atoms with Gasteiger partial charge in [0.2, 0.25) is 0 Å². The molecule has 0 unspecified atom stereocenters. The third kappa shape index (κ3) is 3.11. The molecule has 0 aromatic carbocycles. The number of pyridine rings is 1. The number of halogens is 1. The molecule has 0 bridgehead atoms. The molecule has 22 heavy (non-hydrogen) atoms. The third-order valence-corrected chi connectivity index (χ3v) is 5.64. The Morgan fingerprint density at radius 2 is 2.18 bits per heavy atom. The van der Waals surface area contributed by atoms with E-state index >= 15 is 0 Å². The number of aromatic nitrogens is 2. The molecular weight excluding hydrogens is 382 g/mol. The summed E-state index contributed by atoms with van der Waals surface area (Å²) in [5.74, 6) is 0.398. The molecule has 3 aromatic heterocycles. The topological polar surface area (TPSA) is 54.9 Å². The number of nitrogens with zero attached hydrogens (tertiary/aromatic N) is 2. The van der Waals surface area contributed by atoms with Gasteiger partial charge < -0.3 is 5.32 Å². The van der Waals surface area contributed by atoms with Gasteiger partial charge >= 0.3 is 0 Å². The zero-order chi connectivity index (χ0) is 15.7. The Morgan fingerprint density at radius 3 is 2.86 bits per heavy atom. The van der Waals surface area contributed by atoms with Crippen molar-refractivity contribution >= 4 is 50.3 Å². The van der Waals surface area contributed by atoms with Gasteiger partial charge in [-0.25, -0.2) is 9.97 Å². The lowest BCUT2D eigenvalue weighted by atomic mass is 10.3. The summed E-state index contributed by atoms with van der Waals surface area (Å²) in [6.45, 7) is 3.76. The van der Waals surface area contributed by atoms with E-state index in [2.05, 4.69) is 31.2 Å². The standard InChI is InChI=1S/C15H12BrN3OS2/c1-8-6-10(16)7-17-13(8)19-14(20)12-9(2)18-15(22-12)11-4-3-5-21-11/h3-7H,1-2H3,(H,17,19,20). The zero-order valence-electron chi connectivity index (χ0n) is 11.9. The average Bonchev–Trinajstić information content (AvgIpc) is 3.10. The van der Waals surface area contributed by atoms with Crippen LogP contribution >= 0.6 is 38.6 Å². The number of carbonyl (C=O) groups is 1. The summed E-state index contributed by atoms with van der Waals surface area (Å²) in [7, 11) is 0. The maximum atomic E-state index is 12.5. The smallest absolute Gasteiger partial charge is 0.268 e. The lowest BCUT2D eigenvalue weighted by Crippen LogP contribution is -2.13. The molecule has 1 N–H and O–H groups in total. The highest BCUT2D eigenvalue weighted by Gasteiger charge is 2.17. The van der Waals surface area contributed by atoms with E-state index in [9.17, 15) is 4.79 Å². The number of anilines is 1. The van der Waals surface area contributed by atoms with E-state index < -0.39 is 0 Å². The Labute approximate surface area is 144 Å². The van der Waals surface area contributed by atoms with E-state index in [-0.39, 0.29) is 5.91 Å². The fourth-order valence-electron chi connectivity index (χ4n) is 1.95. The van der Waals surface area contributed by atoms with E-state index in [4.69, 9.17) is 0 Å². The van der Waals surface area contributed by atoms with Crippen molar-refractivity contribution in [2.45, 2.75) is 13.8 Å².